The first-order valence-electron chi connectivity index (χ1n) is 12.5. The van der Waals surface area contributed by atoms with Crippen molar-refractivity contribution < 1.29 is 19.1 Å². The fraction of sp³-hybridized carbons (Fsp3) is 0.357. The number of hydrogen-bond acceptors (Lipinski definition) is 8. The third-order valence-electron chi connectivity index (χ3n) is 7.45. The lowest BCUT2D eigenvalue weighted by Crippen LogP contribution is -2.68. The summed E-state index contributed by atoms with van der Waals surface area (Å²) in [6.07, 6.45) is 1.13. The van der Waals surface area contributed by atoms with E-state index < -0.39 is 5.41 Å². The Bertz CT molecular complexity index is 1450. The number of ether oxygens (including phenoxy) is 2. The molecule has 194 valence electrons. The molecule has 2 fully saturated rings. The van der Waals surface area contributed by atoms with E-state index in [9.17, 15) is 14.9 Å². The zero-order valence-corrected chi connectivity index (χ0v) is 21.8. The first kappa shape index (κ1) is 24.6. The minimum absolute atomic E-state index is 0.0651. The van der Waals surface area contributed by atoms with Crippen LogP contribution >= 0.6 is 11.3 Å². The Morgan fingerprint density at radius 3 is 2.84 bits per heavy atom. The zero-order chi connectivity index (χ0) is 26.3. The van der Waals surface area contributed by atoms with Crippen molar-refractivity contribution in [1.29, 1.82) is 5.26 Å². The fourth-order valence-electron chi connectivity index (χ4n) is 5.12. The summed E-state index contributed by atoms with van der Waals surface area (Å²) in [5.41, 5.74) is 4.22. The number of rotatable bonds is 6. The average Bonchev–Trinajstić information content (AvgIpc) is 3.34. The van der Waals surface area contributed by atoms with Gasteiger partial charge in [-0.3, -0.25) is 9.59 Å². The lowest BCUT2D eigenvalue weighted by Gasteiger charge is -2.56. The minimum Gasteiger partial charge on any atom is -0.375 e. The molecule has 0 radical (unpaired) electrons. The first-order chi connectivity index (χ1) is 18.4. The molecule has 0 unspecified atom stereocenters. The third-order valence-corrected chi connectivity index (χ3v) is 8.21. The highest BCUT2D eigenvalue weighted by Crippen LogP contribution is 2.39. The number of nitrogens with one attached hydrogen (secondary N) is 2. The van der Waals surface area contributed by atoms with E-state index in [-0.39, 0.29) is 30.6 Å². The quantitative estimate of drug-likeness (QED) is 0.502. The van der Waals surface area contributed by atoms with Gasteiger partial charge in [0, 0.05) is 41.7 Å². The SMILES string of the molecule is C[C@@]1(C#N)COCc2ccc(C(=O)NCC(=O)Nc3nc(-c4cccc(N5CC6(CCO6)C5)c4)cs3)cc21. The molecule has 2 amide bonds. The van der Waals surface area contributed by atoms with Gasteiger partial charge in [-0.25, -0.2) is 4.98 Å². The molecule has 6 rings (SSSR count). The molecule has 1 spiro atoms. The van der Waals surface area contributed by atoms with Crippen molar-refractivity contribution in [2.75, 3.05) is 43.1 Å². The largest absolute Gasteiger partial charge is 0.375 e. The molecule has 38 heavy (non-hydrogen) atoms. The van der Waals surface area contributed by atoms with E-state index in [1.807, 2.05) is 17.5 Å². The van der Waals surface area contributed by atoms with E-state index in [1.165, 1.54) is 11.3 Å². The Balaban J connectivity index is 1.05. The molecule has 0 saturated carbocycles. The predicted octanol–water partition coefficient (Wildman–Crippen LogP) is 3.47. The van der Waals surface area contributed by atoms with Crippen LogP contribution in [0.3, 0.4) is 0 Å². The van der Waals surface area contributed by atoms with E-state index in [0.29, 0.717) is 17.3 Å². The van der Waals surface area contributed by atoms with Gasteiger partial charge in [-0.1, -0.05) is 18.2 Å². The molecule has 2 N–H and O–H groups in total. The highest BCUT2D eigenvalue weighted by atomic mass is 32.1. The van der Waals surface area contributed by atoms with Crippen LogP contribution in [0.2, 0.25) is 0 Å². The van der Waals surface area contributed by atoms with Crippen molar-refractivity contribution in [1.82, 2.24) is 10.3 Å². The molecule has 9 nitrogen and oxygen atoms in total. The molecular weight excluding hydrogens is 502 g/mol. The third kappa shape index (κ3) is 4.53. The average molecular weight is 530 g/mol. The highest BCUT2D eigenvalue weighted by molar-refractivity contribution is 7.14. The van der Waals surface area contributed by atoms with E-state index in [4.69, 9.17) is 9.47 Å². The van der Waals surface area contributed by atoms with E-state index in [1.54, 1.807) is 25.1 Å². The van der Waals surface area contributed by atoms with Crippen molar-refractivity contribution in [2.24, 2.45) is 0 Å². The summed E-state index contributed by atoms with van der Waals surface area (Å²) >= 11 is 1.34. The predicted molar refractivity (Wildman–Crippen MR) is 143 cm³/mol. The Hall–Kier alpha value is -3.78. The molecule has 1 atom stereocenters. The second kappa shape index (κ2) is 9.51. The number of anilines is 2. The summed E-state index contributed by atoms with van der Waals surface area (Å²) in [6, 6.07) is 15.7. The molecule has 0 bridgehead atoms. The van der Waals surface area contributed by atoms with Crippen LogP contribution in [0.4, 0.5) is 10.8 Å². The number of fused-ring (bicyclic) bond motifs is 1. The minimum atomic E-state index is -0.814. The first-order valence-corrected chi connectivity index (χ1v) is 13.4. The number of aromatic nitrogens is 1. The number of carbonyl (C=O) groups is 2. The molecule has 1 aromatic heterocycles. The lowest BCUT2D eigenvalue weighted by atomic mass is 9.79. The van der Waals surface area contributed by atoms with Gasteiger partial charge < -0.3 is 25.0 Å². The van der Waals surface area contributed by atoms with E-state index in [0.717, 1.165) is 54.2 Å². The number of nitrogens with zero attached hydrogens (tertiary/aromatic N) is 3. The van der Waals surface area contributed by atoms with Gasteiger partial charge in [-0.2, -0.15) is 5.26 Å². The molecule has 10 heteroatoms. The Morgan fingerprint density at radius 1 is 1.24 bits per heavy atom. The van der Waals surface area contributed by atoms with Crippen molar-refractivity contribution in [3.8, 4) is 17.3 Å². The second-order valence-electron chi connectivity index (χ2n) is 10.3. The van der Waals surface area contributed by atoms with E-state index in [2.05, 4.69) is 38.7 Å². The maximum atomic E-state index is 12.7. The van der Waals surface area contributed by atoms with Crippen LogP contribution in [0.25, 0.3) is 11.3 Å². The van der Waals surface area contributed by atoms with Crippen molar-refractivity contribution in [3.05, 3.63) is 64.5 Å². The smallest absolute Gasteiger partial charge is 0.251 e. The van der Waals surface area contributed by atoms with E-state index >= 15 is 0 Å². The van der Waals surface area contributed by atoms with Gasteiger partial charge in [-0.15, -0.1) is 11.3 Å². The highest BCUT2D eigenvalue weighted by Gasteiger charge is 2.49. The maximum absolute atomic E-state index is 12.7. The topological polar surface area (TPSA) is 117 Å². The van der Waals surface area contributed by atoms with Gasteiger partial charge in [0.05, 0.1) is 38.1 Å². The zero-order valence-electron chi connectivity index (χ0n) is 21.0. The molecule has 0 aliphatic carbocycles. The van der Waals surface area contributed by atoms with Gasteiger partial charge in [0.15, 0.2) is 5.13 Å². The van der Waals surface area contributed by atoms with Crippen molar-refractivity contribution in [2.45, 2.75) is 31.0 Å². The maximum Gasteiger partial charge on any atom is 0.251 e. The molecule has 2 aromatic carbocycles. The van der Waals surface area contributed by atoms with Crippen LogP contribution in [0.1, 0.15) is 34.8 Å². The normalized spacial score (nSPS) is 21.0. The van der Waals surface area contributed by atoms with Crippen LogP contribution < -0.4 is 15.5 Å². The van der Waals surface area contributed by atoms with Gasteiger partial charge in [0.2, 0.25) is 5.91 Å². The van der Waals surface area contributed by atoms with Crippen LogP contribution in [0, 0.1) is 11.3 Å². The summed E-state index contributed by atoms with van der Waals surface area (Å²) in [7, 11) is 0. The summed E-state index contributed by atoms with van der Waals surface area (Å²) < 4.78 is 11.2. The second-order valence-corrected chi connectivity index (χ2v) is 11.1. The van der Waals surface area contributed by atoms with Gasteiger partial charge in [0.1, 0.15) is 11.0 Å². The molecular formula is C28H27N5O4S. The van der Waals surface area contributed by atoms with Gasteiger partial charge in [-0.05, 0) is 42.3 Å². The molecule has 3 aliphatic heterocycles. The number of nitriles is 1. The molecule has 4 heterocycles. The lowest BCUT2D eigenvalue weighted by molar-refractivity contribution is -0.160. The molecule has 3 aliphatic rings. The van der Waals surface area contributed by atoms with Crippen molar-refractivity contribution >= 4 is 34.0 Å². The number of hydrogen-bond donors (Lipinski definition) is 2. The number of carbonyl (C=O) groups excluding carboxylic acids is 2. The summed E-state index contributed by atoms with van der Waals surface area (Å²) in [5, 5.41) is 17.4. The van der Waals surface area contributed by atoms with Crippen molar-refractivity contribution in [3.63, 3.8) is 0 Å². The Labute approximate surface area is 224 Å². The Morgan fingerprint density at radius 2 is 2.08 bits per heavy atom. The van der Waals surface area contributed by atoms with Crippen LogP contribution in [0.5, 0.6) is 0 Å². The monoisotopic (exact) mass is 529 g/mol. The number of benzene rings is 2. The fourth-order valence-corrected chi connectivity index (χ4v) is 5.85. The number of amides is 2. The van der Waals surface area contributed by atoms with Crippen LogP contribution in [0.15, 0.2) is 47.8 Å². The standard InChI is InChI=1S/C28H27N5O4S/c1-27(14-29)17-36-12-20-6-5-19(10-22(20)27)25(35)30-11-24(34)32-26-31-23(13-38-26)18-3-2-4-21(9-18)33-15-28(16-33)7-8-37-28/h2-6,9-10,13H,7-8,11-12,15-17H2,1H3,(H,30,35)(H,31,32,34)/t27-/m1/s1. The van der Waals surface area contributed by atoms with Crippen LogP contribution in [-0.2, 0) is 26.3 Å². The summed E-state index contributed by atoms with van der Waals surface area (Å²) in [4.78, 5) is 32.1. The number of thiazole rings is 1. The van der Waals surface area contributed by atoms with Gasteiger partial charge >= 0.3 is 0 Å². The molecule has 3 aromatic rings. The van der Waals surface area contributed by atoms with Gasteiger partial charge in [0.25, 0.3) is 5.91 Å². The molecule has 2 saturated heterocycles. The summed E-state index contributed by atoms with van der Waals surface area (Å²) in [6.45, 7) is 4.97. The Kier molecular flexibility index (Phi) is 6.14. The van der Waals surface area contributed by atoms with Crippen LogP contribution in [-0.4, -0.2) is 55.2 Å². The summed E-state index contributed by atoms with van der Waals surface area (Å²) in [5.74, 6) is -0.751.